The molecular weight excluding hydrogens is 954 g/mol. The molecule has 1 heterocycles. The van der Waals surface area contributed by atoms with Gasteiger partial charge in [-0.2, -0.15) is 0 Å². The molecule has 1 aliphatic heterocycles. The highest BCUT2D eigenvalue weighted by molar-refractivity contribution is 7.47. The van der Waals surface area contributed by atoms with Crippen molar-refractivity contribution < 1.29 is 91.9 Å². The van der Waals surface area contributed by atoms with Gasteiger partial charge in [0.25, 0.3) is 0 Å². The number of phosphoric acid groups is 2. The Morgan fingerprint density at radius 3 is 2.07 bits per heavy atom. The number of aliphatic hydroxyl groups excluding tert-OH is 6. The van der Waals surface area contributed by atoms with Gasteiger partial charge in [0.05, 0.1) is 36.9 Å². The lowest BCUT2D eigenvalue weighted by atomic mass is 9.82. The average molecular weight is 1040 g/mol. The van der Waals surface area contributed by atoms with Gasteiger partial charge in [-0.1, -0.05) is 127 Å². The molecule has 2 fully saturated rings. The van der Waals surface area contributed by atoms with E-state index < -0.39 is 120 Å². The van der Waals surface area contributed by atoms with Gasteiger partial charge < -0.3 is 54.8 Å². The van der Waals surface area contributed by atoms with Crippen molar-refractivity contribution in [1.82, 2.24) is 0 Å². The highest BCUT2D eigenvalue weighted by atomic mass is 31.2. The summed E-state index contributed by atoms with van der Waals surface area (Å²) < 4.78 is 52.1. The van der Waals surface area contributed by atoms with Crippen LogP contribution in [0.25, 0.3) is 0 Å². The highest BCUT2D eigenvalue weighted by Gasteiger charge is 2.51. The van der Waals surface area contributed by atoms with Crippen LogP contribution in [0.4, 0.5) is 0 Å². The van der Waals surface area contributed by atoms with Crippen LogP contribution >= 0.6 is 15.6 Å². The molecule has 70 heavy (non-hydrogen) atoms. The number of esters is 2. The minimum Gasteiger partial charge on any atom is -0.462 e. The first-order valence-corrected chi connectivity index (χ1v) is 28.3. The van der Waals surface area contributed by atoms with Gasteiger partial charge in [0.1, 0.15) is 36.8 Å². The second kappa shape index (κ2) is 35.7. The summed E-state index contributed by atoms with van der Waals surface area (Å²) in [7, 11) is -11.5. The molecule has 0 radical (unpaired) electrons. The van der Waals surface area contributed by atoms with Gasteiger partial charge >= 0.3 is 27.6 Å². The number of ether oxygens (including phenoxy) is 2. The Bertz CT molecular complexity index is 1700. The van der Waals surface area contributed by atoms with Crippen LogP contribution in [0.2, 0.25) is 0 Å². The number of Topliss-reactive ketones (excluding diaryl/α,β-unsaturated/α-hetero) is 1. The number of unbranched alkanes of at least 4 members (excludes halogenated alkanes) is 9. The molecule has 21 heteroatoms. The zero-order chi connectivity index (χ0) is 52.0. The molecule has 0 aromatic heterocycles. The fraction of sp³-hybridized carbons (Fsp3) is 0.776. The lowest BCUT2D eigenvalue weighted by Gasteiger charge is -2.38. The molecule has 0 aromatic carbocycles. The molecule has 12 atom stereocenters. The molecule has 9 N–H and O–H groups in total. The van der Waals surface area contributed by atoms with Crippen molar-refractivity contribution in [2.45, 2.75) is 216 Å². The summed E-state index contributed by atoms with van der Waals surface area (Å²) in [5, 5.41) is 68.1. The van der Waals surface area contributed by atoms with Crippen molar-refractivity contribution in [2.75, 3.05) is 13.2 Å². The number of cyclic esters (lactones) is 1. The minimum atomic E-state index is -5.79. The van der Waals surface area contributed by atoms with E-state index in [2.05, 4.69) is 43.4 Å². The normalized spacial score (nSPS) is 30.2. The van der Waals surface area contributed by atoms with E-state index in [9.17, 15) is 68.8 Å². The summed E-state index contributed by atoms with van der Waals surface area (Å²) in [6.07, 6.45) is 9.10. The molecule has 0 spiro atoms. The van der Waals surface area contributed by atoms with Gasteiger partial charge in [-0.05, 0) is 64.2 Å². The predicted molar refractivity (Wildman–Crippen MR) is 261 cm³/mol. The van der Waals surface area contributed by atoms with Crippen LogP contribution in [0.1, 0.15) is 162 Å². The summed E-state index contributed by atoms with van der Waals surface area (Å²) in [5.41, 5.74) is 0. The second-order valence-electron chi connectivity index (χ2n) is 18.3. The van der Waals surface area contributed by atoms with Gasteiger partial charge in [-0.15, -0.1) is 0 Å². The Kier molecular flexibility index (Phi) is 32.4. The van der Waals surface area contributed by atoms with E-state index in [0.29, 0.717) is 32.1 Å². The largest absolute Gasteiger partial charge is 0.472 e. The zero-order valence-corrected chi connectivity index (χ0v) is 42.9. The number of carbonyl (C=O) groups is 3. The molecule has 2 aliphatic rings. The Morgan fingerprint density at radius 2 is 1.41 bits per heavy atom. The zero-order valence-electron chi connectivity index (χ0n) is 41.1. The number of carbonyl (C=O) groups excluding carboxylic acids is 3. The fourth-order valence-corrected chi connectivity index (χ4v) is 9.78. The van der Waals surface area contributed by atoms with Crippen LogP contribution < -0.4 is 0 Å². The molecule has 1 unspecified atom stereocenters. The summed E-state index contributed by atoms with van der Waals surface area (Å²) in [4.78, 5) is 70.6. The average Bonchev–Trinajstić information content (AvgIpc) is 3.30. The minimum absolute atomic E-state index is 0.0300. The van der Waals surface area contributed by atoms with E-state index >= 15 is 0 Å². The van der Waals surface area contributed by atoms with E-state index in [-0.39, 0.29) is 32.1 Å². The first-order chi connectivity index (χ1) is 33.3. The lowest BCUT2D eigenvalue weighted by molar-refractivity contribution is -0.165. The van der Waals surface area contributed by atoms with Gasteiger partial charge in [-0.3, -0.25) is 28.0 Å². The maximum absolute atomic E-state index is 13.9. The van der Waals surface area contributed by atoms with E-state index in [0.717, 1.165) is 69.9 Å². The van der Waals surface area contributed by atoms with Crippen LogP contribution in [0.5, 0.6) is 0 Å². The van der Waals surface area contributed by atoms with Gasteiger partial charge in [0.2, 0.25) is 0 Å². The van der Waals surface area contributed by atoms with Crippen molar-refractivity contribution in [2.24, 2.45) is 11.8 Å². The smallest absolute Gasteiger partial charge is 0.462 e. The molecule has 1 aliphatic carbocycles. The first kappa shape index (κ1) is 63.7. The monoisotopic (exact) mass is 1040 g/mol. The van der Waals surface area contributed by atoms with Crippen LogP contribution in [0, 0.1) is 11.8 Å². The van der Waals surface area contributed by atoms with E-state index in [4.69, 9.17) is 23.0 Å². The molecule has 0 amide bonds. The number of allylic oxidation sites excluding steroid dienone is 6. The maximum atomic E-state index is 13.9. The Hall–Kier alpha value is -2.45. The molecule has 2 bridgehead atoms. The third kappa shape index (κ3) is 27.0. The molecule has 1 saturated heterocycles. The molecule has 2 rings (SSSR count). The predicted octanol–water partition coefficient (Wildman–Crippen LogP) is 6.65. The van der Waals surface area contributed by atoms with Gasteiger partial charge in [0, 0.05) is 25.2 Å². The standard InChI is InChI=1S/C49H84O19P2/c1-3-5-7-8-9-10-11-12-13-14-15-16-17-18-19-20-25-29-42(53)64-34-37-35-65-70(62,63)68-49-47(58)46(57)44(55)38(28-24-21-22-26-30-43(54)66-37)40(51)33-41(52)39(32-31-36(50)27-23-6-4-2)45(56)48(49)67-69(59,60)61/h9-10,12-13,15-16,31-32,36-40,44-51,55-58H,3-8,11,14,17-30,33-35H2,1-2H3,(H,62,63)(H2,59,60,61)/b10-9-,13-12-,16-15-,32-31?/t36-,37+,38-,39-,40-,44+,45+,46-,47+,48+,49-/m0/s1. The van der Waals surface area contributed by atoms with Crippen molar-refractivity contribution in [3.8, 4) is 0 Å². The molecular formula is C49H84O19P2. The maximum Gasteiger partial charge on any atom is 0.472 e. The Morgan fingerprint density at radius 1 is 0.800 bits per heavy atom. The molecule has 19 nitrogen and oxygen atoms in total. The van der Waals surface area contributed by atoms with Gasteiger partial charge in [0.15, 0.2) is 6.10 Å². The molecule has 1 saturated carbocycles. The number of aliphatic hydroxyl groups is 6. The van der Waals surface area contributed by atoms with Crippen molar-refractivity contribution >= 4 is 33.4 Å². The quantitative estimate of drug-likeness (QED) is 0.0200. The van der Waals surface area contributed by atoms with Gasteiger partial charge in [-0.25, -0.2) is 9.13 Å². The van der Waals surface area contributed by atoms with Crippen molar-refractivity contribution in [1.29, 1.82) is 0 Å². The molecule has 0 aromatic rings. The third-order valence-corrected chi connectivity index (χ3v) is 13.8. The van der Waals surface area contributed by atoms with Crippen LogP contribution in [-0.4, -0.2) is 131 Å². The lowest BCUT2D eigenvalue weighted by Crippen LogP contribution is -2.56. The van der Waals surface area contributed by atoms with E-state index in [1.807, 2.05) is 6.92 Å². The summed E-state index contributed by atoms with van der Waals surface area (Å²) in [5.74, 6) is -5.65. The summed E-state index contributed by atoms with van der Waals surface area (Å²) in [6, 6.07) is 0. The first-order valence-electron chi connectivity index (χ1n) is 25.3. The van der Waals surface area contributed by atoms with Crippen molar-refractivity contribution in [3.05, 3.63) is 48.6 Å². The van der Waals surface area contributed by atoms with Crippen molar-refractivity contribution in [3.63, 3.8) is 0 Å². The second-order valence-corrected chi connectivity index (χ2v) is 20.9. The fourth-order valence-electron chi connectivity index (χ4n) is 8.25. The topological polar surface area (TPSA) is 314 Å². The Balaban J connectivity index is 2.25. The van der Waals surface area contributed by atoms with E-state index in [1.165, 1.54) is 19.3 Å². The summed E-state index contributed by atoms with van der Waals surface area (Å²) >= 11 is 0. The number of fused-ring (bicyclic) bond motifs is 4. The summed E-state index contributed by atoms with van der Waals surface area (Å²) in [6.45, 7) is 2.53. The Labute approximate surface area is 414 Å². The van der Waals surface area contributed by atoms with Crippen LogP contribution in [0.3, 0.4) is 0 Å². The third-order valence-electron chi connectivity index (χ3n) is 12.3. The SMILES string of the molecule is CCCCC/C=C\C/C=C\C/C=C\CCCCCCC(=O)OC[C@@H]1COP(=O)(O)O[C@H]2[C@H](O)[C@@H](O)[C@H](O)[C@@H](CCCCCCC(=O)O1)[C@@H](O)CC(=O)[C@H](C=C[C@@H](O)CCCCC)[C@@H](O)[C@H]2OP(=O)(O)O. The van der Waals surface area contributed by atoms with E-state index in [1.54, 1.807) is 0 Å². The number of hydrogen-bond acceptors (Lipinski definition) is 16. The van der Waals surface area contributed by atoms with Crippen LogP contribution in [-0.2, 0) is 46.6 Å². The number of ketones is 1. The van der Waals surface area contributed by atoms with Crippen LogP contribution in [0.15, 0.2) is 48.6 Å². The number of phosphoric ester groups is 2. The number of rotatable bonds is 25. The number of hydrogen-bond donors (Lipinski definition) is 9. The highest BCUT2D eigenvalue weighted by Crippen LogP contribution is 2.49. The molecule has 404 valence electrons.